The molecule has 0 saturated heterocycles. The molecule has 0 aliphatic carbocycles. The van der Waals surface area contributed by atoms with Crippen LogP contribution in [0, 0.1) is 0 Å². The highest BCUT2D eigenvalue weighted by atomic mass is 79.9. The standard InChI is InChI=1S/C15H17BrN2O2/c1-19-13-7-6-11(8-14(13)20-2)9-17-10-12-4-3-5-15(16)18-12/h3-8,17H,9-10H2,1-2H3. The largest absolute Gasteiger partial charge is 0.493 e. The number of hydrogen-bond donors (Lipinski definition) is 1. The van der Waals surface area contributed by atoms with Crippen LogP contribution < -0.4 is 14.8 Å². The van der Waals surface area contributed by atoms with E-state index in [-0.39, 0.29) is 0 Å². The van der Waals surface area contributed by atoms with Crippen molar-refractivity contribution in [2.75, 3.05) is 14.2 Å². The fourth-order valence-corrected chi connectivity index (χ4v) is 2.25. The molecule has 0 aliphatic heterocycles. The highest BCUT2D eigenvalue weighted by Crippen LogP contribution is 2.27. The minimum absolute atomic E-state index is 0.716. The number of nitrogens with zero attached hydrogens (tertiary/aromatic N) is 1. The average molecular weight is 337 g/mol. The Hall–Kier alpha value is -1.59. The molecule has 1 aromatic heterocycles. The lowest BCUT2D eigenvalue weighted by atomic mass is 10.2. The molecule has 0 saturated carbocycles. The molecule has 4 nitrogen and oxygen atoms in total. The lowest BCUT2D eigenvalue weighted by molar-refractivity contribution is 0.354. The van der Waals surface area contributed by atoms with Crippen molar-refractivity contribution in [3.05, 3.63) is 52.3 Å². The number of nitrogens with one attached hydrogen (secondary N) is 1. The van der Waals surface area contributed by atoms with Crippen molar-refractivity contribution < 1.29 is 9.47 Å². The van der Waals surface area contributed by atoms with Crippen LogP contribution in [0.2, 0.25) is 0 Å². The van der Waals surface area contributed by atoms with Gasteiger partial charge in [-0.25, -0.2) is 4.98 Å². The Morgan fingerprint density at radius 3 is 2.55 bits per heavy atom. The minimum Gasteiger partial charge on any atom is -0.493 e. The third-order valence-corrected chi connectivity index (χ3v) is 3.30. The second-order valence-corrected chi connectivity index (χ2v) is 5.06. The summed E-state index contributed by atoms with van der Waals surface area (Å²) in [5.41, 5.74) is 2.14. The monoisotopic (exact) mass is 336 g/mol. The molecular weight excluding hydrogens is 320 g/mol. The Morgan fingerprint density at radius 1 is 1.05 bits per heavy atom. The first-order valence-electron chi connectivity index (χ1n) is 6.26. The van der Waals surface area contributed by atoms with Gasteiger partial charge < -0.3 is 14.8 Å². The summed E-state index contributed by atoms with van der Waals surface area (Å²) >= 11 is 3.36. The summed E-state index contributed by atoms with van der Waals surface area (Å²) in [4.78, 5) is 4.37. The Morgan fingerprint density at radius 2 is 1.85 bits per heavy atom. The number of hydrogen-bond acceptors (Lipinski definition) is 4. The molecule has 0 spiro atoms. The number of ether oxygens (including phenoxy) is 2. The summed E-state index contributed by atoms with van der Waals surface area (Å²) in [6.07, 6.45) is 0. The molecule has 0 amide bonds. The van der Waals surface area contributed by atoms with E-state index in [1.807, 2.05) is 36.4 Å². The highest BCUT2D eigenvalue weighted by Gasteiger charge is 2.04. The van der Waals surface area contributed by atoms with Crippen LogP contribution in [0.5, 0.6) is 11.5 Å². The average Bonchev–Trinajstić information content (AvgIpc) is 2.47. The SMILES string of the molecule is COc1ccc(CNCc2cccc(Br)n2)cc1OC. The number of methoxy groups -OCH3 is 2. The van der Waals surface area contributed by atoms with Gasteiger partial charge in [0.1, 0.15) is 4.60 Å². The molecule has 1 heterocycles. The van der Waals surface area contributed by atoms with Crippen LogP contribution in [0.1, 0.15) is 11.3 Å². The van der Waals surface area contributed by atoms with E-state index in [9.17, 15) is 0 Å². The number of benzene rings is 1. The van der Waals surface area contributed by atoms with Crippen LogP contribution >= 0.6 is 15.9 Å². The van der Waals surface area contributed by atoms with Gasteiger partial charge in [-0.15, -0.1) is 0 Å². The predicted molar refractivity (Wildman–Crippen MR) is 82.0 cm³/mol. The van der Waals surface area contributed by atoms with Crippen LogP contribution in [-0.2, 0) is 13.1 Å². The molecule has 0 atom stereocenters. The summed E-state index contributed by atoms with van der Waals surface area (Å²) in [5.74, 6) is 1.48. The zero-order valence-corrected chi connectivity index (χ0v) is 13.1. The normalized spacial score (nSPS) is 10.3. The lowest BCUT2D eigenvalue weighted by Gasteiger charge is -2.10. The van der Waals surface area contributed by atoms with Gasteiger partial charge in [-0.05, 0) is 45.8 Å². The topological polar surface area (TPSA) is 43.4 Å². The maximum Gasteiger partial charge on any atom is 0.161 e. The Bertz CT molecular complexity index is 576. The van der Waals surface area contributed by atoms with Crippen molar-refractivity contribution in [2.24, 2.45) is 0 Å². The van der Waals surface area contributed by atoms with Gasteiger partial charge in [0.2, 0.25) is 0 Å². The van der Waals surface area contributed by atoms with Gasteiger partial charge in [0.25, 0.3) is 0 Å². The minimum atomic E-state index is 0.716. The maximum atomic E-state index is 5.29. The van der Waals surface area contributed by atoms with Gasteiger partial charge in [0.05, 0.1) is 19.9 Å². The van der Waals surface area contributed by atoms with Crippen molar-refractivity contribution in [3.8, 4) is 11.5 Å². The van der Waals surface area contributed by atoms with Gasteiger partial charge in [0.15, 0.2) is 11.5 Å². The molecule has 0 aliphatic rings. The summed E-state index contributed by atoms with van der Waals surface area (Å²) in [6, 6.07) is 11.8. The van der Waals surface area contributed by atoms with Crippen molar-refractivity contribution in [2.45, 2.75) is 13.1 Å². The number of rotatable bonds is 6. The van der Waals surface area contributed by atoms with Crippen LogP contribution in [0.25, 0.3) is 0 Å². The molecule has 0 radical (unpaired) electrons. The van der Waals surface area contributed by atoms with E-state index in [1.165, 1.54) is 0 Å². The van der Waals surface area contributed by atoms with E-state index < -0.39 is 0 Å². The predicted octanol–water partition coefficient (Wildman–Crippen LogP) is 3.15. The fourth-order valence-electron chi connectivity index (χ4n) is 1.87. The number of aromatic nitrogens is 1. The first-order chi connectivity index (χ1) is 9.72. The van der Waals surface area contributed by atoms with Crippen molar-refractivity contribution in [1.29, 1.82) is 0 Å². The molecular formula is C15H17BrN2O2. The smallest absolute Gasteiger partial charge is 0.161 e. The molecule has 2 aromatic rings. The molecule has 1 aromatic carbocycles. The van der Waals surface area contributed by atoms with E-state index in [0.717, 1.165) is 33.9 Å². The summed E-state index contributed by atoms with van der Waals surface area (Å²) in [6.45, 7) is 1.46. The Labute approximate surface area is 127 Å². The first kappa shape index (κ1) is 14.8. The summed E-state index contributed by atoms with van der Waals surface area (Å²) in [5, 5.41) is 3.35. The van der Waals surface area contributed by atoms with Crippen molar-refractivity contribution in [3.63, 3.8) is 0 Å². The third kappa shape index (κ3) is 3.95. The van der Waals surface area contributed by atoms with Crippen molar-refractivity contribution >= 4 is 15.9 Å². The number of halogens is 1. The van der Waals surface area contributed by atoms with Gasteiger partial charge >= 0.3 is 0 Å². The molecule has 0 bridgehead atoms. The van der Waals surface area contributed by atoms with E-state index in [4.69, 9.17) is 9.47 Å². The molecule has 0 fully saturated rings. The molecule has 106 valence electrons. The maximum absolute atomic E-state index is 5.29. The second-order valence-electron chi connectivity index (χ2n) is 4.24. The van der Waals surface area contributed by atoms with Crippen molar-refractivity contribution in [1.82, 2.24) is 10.3 Å². The molecule has 1 N–H and O–H groups in total. The van der Waals surface area contributed by atoms with Gasteiger partial charge in [-0.3, -0.25) is 0 Å². The Kier molecular flexibility index (Phi) is 5.38. The third-order valence-electron chi connectivity index (χ3n) is 2.86. The van der Waals surface area contributed by atoms with Crippen LogP contribution in [0.4, 0.5) is 0 Å². The van der Waals surface area contributed by atoms with Gasteiger partial charge in [-0.1, -0.05) is 12.1 Å². The van der Waals surface area contributed by atoms with E-state index >= 15 is 0 Å². The summed E-state index contributed by atoms with van der Waals surface area (Å²) in [7, 11) is 3.27. The Balaban J connectivity index is 1.94. The summed E-state index contributed by atoms with van der Waals surface area (Å²) < 4.78 is 11.4. The first-order valence-corrected chi connectivity index (χ1v) is 7.05. The molecule has 2 rings (SSSR count). The molecule has 5 heteroatoms. The van der Waals surface area contributed by atoms with Crippen LogP contribution in [0.3, 0.4) is 0 Å². The fraction of sp³-hybridized carbons (Fsp3) is 0.267. The van der Waals surface area contributed by atoms with E-state index in [2.05, 4.69) is 26.2 Å². The molecule has 20 heavy (non-hydrogen) atoms. The van der Waals surface area contributed by atoms with Gasteiger partial charge in [-0.2, -0.15) is 0 Å². The number of pyridine rings is 1. The highest BCUT2D eigenvalue weighted by molar-refractivity contribution is 9.10. The quantitative estimate of drug-likeness (QED) is 0.823. The second kappa shape index (κ2) is 7.26. The van der Waals surface area contributed by atoms with E-state index in [0.29, 0.717) is 6.54 Å². The van der Waals surface area contributed by atoms with Gasteiger partial charge in [0, 0.05) is 13.1 Å². The molecule has 0 unspecified atom stereocenters. The zero-order valence-electron chi connectivity index (χ0n) is 11.5. The lowest BCUT2D eigenvalue weighted by Crippen LogP contribution is -2.13. The van der Waals surface area contributed by atoms with Crippen LogP contribution in [0.15, 0.2) is 41.0 Å². The zero-order chi connectivity index (χ0) is 14.4. The van der Waals surface area contributed by atoms with E-state index in [1.54, 1.807) is 14.2 Å². The van der Waals surface area contributed by atoms with Crippen LogP contribution in [-0.4, -0.2) is 19.2 Å².